The molecule has 0 aromatic heterocycles. The van der Waals surface area contributed by atoms with Gasteiger partial charge in [-0.15, -0.1) is 0 Å². The van der Waals surface area contributed by atoms with Crippen molar-refractivity contribution in [2.24, 2.45) is 0 Å². The zero-order valence-electron chi connectivity index (χ0n) is 13.8. The Morgan fingerprint density at radius 3 is 1.11 bits per heavy atom. The predicted octanol–water partition coefficient (Wildman–Crippen LogP) is 3.57. The topological polar surface area (TPSA) is 42.5 Å². The van der Waals surface area contributed by atoms with Crippen LogP contribution in [0, 0.1) is 0 Å². The lowest BCUT2D eigenvalue weighted by Gasteiger charge is -2.42. The molecule has 0 saturated carbocycles. The number of hydrogen-bond donors (Lipinski definition) is 2. The van der Waals surface area contributed by atoms with Crippen molar-refractivity contribution < 1.29 is 9.05 Å². The van der Waals surface area contributed by atoms with Gasteiger partial charge >= 0.3 is 0 Å². The molecule has 0 atom stereocenters. The van der Waals surface area contributed by atoms with Crippen molar-refractivity contribution in [2.75, 3.05) is 0 Å². The van der Waals surface area contributed by atoms with Gasteiger partial charge in [0.15, 0.2) is 0 Å². The molecule has 0 aliphatic carbocycles. The van der Waals surface area contributed by atoms with Crippen molar-refractivity contribution in [1.82, 2.24) is 10.3 Å². The van der Waals surface area contributed by atoms with Crippen LogP contribution in [0.5, 0.6) is 0 Å². The van der Waals surface area contributed by atoms with Gasteiger partial charge in [0.2, 0.25) is 16.6 Å². The summed E-state index contributed by atoms with van der Waals surface area (Å²) in [5.41, 5.74) is 0. The Morgan fingerprint density at radius 2 is 0.944 bits per heavy atom. The maximum absolute atomic E-state index is 5.91. The number of rotatable bonds is 6. The molecule has 0 radical (unpaired) electrons. The summed E-state index contributed by atoms with van der Waals surface area (Å²) in [4.78, 5) is 0. The van der Waals surface area contributed by atoms with Gasteiger partial charge in [0.25, 0.3) is 8.40 Å². The molecule has 0 unspecified atom stereocenters. The highest BCUT2D eigenvalue weighted by molar-refractivity contribution is 6.78. The summed E-state index contributed by atoms with van der Waals surface area (Å²) in [6.07, 6.45) is 0. The van der Waals surface area contributed by atoms with Crippen LogP contribution in [-0.4, -0.2) is 25.0 Å². The molecule has 0 heterocycles. The van der Waals surface area contributed by atoms with E-state index in [2.05, 4.69) is 76.9 Å². The van der Waals surface area contributed by atoms with Crippen LogP contribution >= 0.6 is 0 Å². The molecule has 0 aliphatic rings. The van der Waals surface area contributed by atoms with Crippen molar-refractivity contribution in [3.8, 4) is 0 Å². The van der Waals surface area contributed by atoms with E-state index < -0.39 is 25.0 Å². The van der Waals surface area contributed by atoms with Crippen molar-refractivity contribution in [2.45, 2.75) is 71.6 Å². The Balaban J connectivity index is 4.76. The summed E-state index contributed by atoms with van der Waals surface area (Å²) in [5, 5.41) is 6.77. The van der Waals surface area contributed by atoms with Crippen molar-refractivity contribution >= 4 is 25.0 Å². The lowest BCUT2D eigenvalue weighted by molar-refractivity contribution is 0.196. The Kier molecular flexibility index (Phi) is 6.02. The Hall–Kier alpha value is 0.491. The first-order valence-corrected chi connectivity index (χ1v) is 15.9. The minimum Gasteiger partial charge on any atom is -0.351 e. The average Bonchev–Trinajstić information content (AvgIpc) is 2.07. The van der Waals surface area contributed by atoms with Crippen LogP contribution in [-0.2, 0) is 9.05 Å². The Labute approximate surface area is 116 Å². The largest absolute Gasteiger partial charge is 0.351 e. The van der Waals surface area contributed by atoms with Crippen molar-refractivity contribution in [3.05, 3.63) is 0 Å². The standard InChI is InChI=1S/C11H32N2O2Si3/c1-11(2,3)18(10,12-14-16(4,5)6)13-15-17(7,8)9/h12-13H,1-10H3. The van der Waals surface area contributed by atoms with Crippen LogP contribution in [0.1, 0.15) is 20.8 Å². The summed E-state index contributed by atoms with van der Waals surface area (Å²) in [6, 6.07) is 0. The molecule has 0 aromatic carbocycles. The zero-order chi connectivity index (χ0) is 14.8. The van der Waals surface area contributed by atoms with E-state index in [1.54, 1.807) is 0 Å². The second-order valence-corrected chi connectivity index (χ2v) is 21.0. The fraction of sp³-hybridized carbons (Fsp3) is 1.00. The first-order valence-electron chi connectivity index (χ1n) is 6.57. The highest BCUT2D eigenvalue weighted by Crippen LogP contribution is 2.32. The summed E-state index contributed by atoms with van der Waals surface area (Å²) in [6.45, 7) is 21.9. The summed E-state index contributed by atoms with van der Waals surface area (Å²) < 4.78 is 11.8. The first kappa shape index (κ1) is 18.5. The van der Waals surface area contributed by atoms with E-state index in [-0.39, 0.29) is 5.04 Å². The first-order chi connectivity index (χ1) is 7.66. The van der Waals surface area contributed by atoms with Crippen LogP contribution < -0.4 is 10.3 Å². The van der Waals surface area contributed by atoms with E-state index >= 15 is 0 Å². The molecule has 2 N–H and O–H groups in total. The van der Waals surface area contributed by atoms with Crippen molar-refractivity contribution in [1.29, 1.82) is 0 Å². The highest BCUT2D eigenvalue weighted by atomic mass is 28.4. The third-order valence-corrected chi connectivity index (χ3v) is 8.48. The van der Waals surface area contributed by atoms with E-state index in [1.807, 2.05) is 0 Å². The second kappa shape index (κ2) is 5.86. The summed E-state index contributed by atoms with van der Waals surface area (Å²) in [7, 11) is -5.21. The zero-order valence-corrected chi connectivity index (χ0v) is 16.8. The van der Waals surface area contributed by atoms with E-state index in [0.717, 1.165) is 0 Å². The molecule has 4 nitrogen and oxygen atoms in total. The normalized spacial score (nSPS) is 15.0. The quantitative estimate of drug-likeness (QED) is 0.581. The molecule has 0 bridgehead atoms. The molecular formula is C11H32N2O2Si3. The molecule has 0 spiro atoms. The van der Waals surface area contributed by atoms with Crippen LogP contribution in [0.15, 0.2) is 0 Å². The average molecular weight is 309 g/mol. The van der Waals surface area contributed by atoms with Gasteiger partial charge in [0.1, 0.15) is 0 Å². The van der Waals surface area contributed by atoms with Gasteiger partial charge in [-0.05, 0) is 50.9 Å². The maximum Gasteiger partial charge on any atom is 0.250 e. The second-order valence-electron chi connectivity index (χ2n) is 8.01. The molecule has 0 fully saturated rings. The molecular weight excluding hydrogens is 276 g/mol. The molecule has 7 heteroatoms. The monoisotopic (exact) mass is 308 g/mol. The lowest BCUT2D eigenvalue weighted by Crippen LogP contribution is -2.68. The van der Waals surface area contributed by atoms with Crippen LogP contribution in [0.2, 0.25) is 50.9 Å². The molecule has 0 aromatic rings. The molecule has 18 heavy (non-hydrogen) atoms. The van der Waals surface area contributed by atoms with Gasteiger partial charge in [0, 0.05) is 0 Å². The fourth-order valence-corrected chi connectivity index (χ4v) is 5.57. The summed E-state index contributed by atoms with van der Waals surface area (Å²) in [5.74, 6) is 0. The SMILES string of the molecule is CC(C)(C)[Si](C)(NO[Si](C)(C)C)NO[Si](C)(C)C. The highest BCUT2D eigenvalue weighted by Gasteiger charge is 2.43. The van der Waals surface area contributed by atoms with Crippen molar-refractivity contribution in [3.63, 3.8) is 0 Å². The minimum atomic E-state index is -2.05. The molecule has 0 aliphatic heterocycles. The number of hydrogen-bond acceptors (Lipinski definition) is 4. The van der Waals surface area contributed by atoms with Gasteiger partial charge in [-0.3, -0.25) is 0 Å². The predicted molar refractivity (Wildman–Crippen MR) is 86.5 cm³/mol. The maximum atomic E-state index is 5.91. The van der Waals surface area contributed by atoms with Gasteiger partial charge in [0.05, 0.1) is 0 Å². The van der Waals surface area contributed by atoms with E-state index in [1.165, 1.54) is 0 Å². The van der Waals surface area contributed by atoms with Gasteiger partial charge in [-0.1, -0.05) is 20.8 Å². The third-order valence-electron chi connectivity index (χ3n) is 2.62. The van der Waals surface area contributed by atoms with Crippen LogP contribution in [0.3, 0.4) is 0 Å². The molecule has 0 amide bonds. The Morgan fingerprint density at radius 1 is 0.667 bits per heavy atom. The Bertz CT molecular complexity index is 249. The van der Waals surface area contributed by atoms with E-state index in [4.69, 9.17) is 9.05 Å². The molecule has 0 rings (SSSR count). The van der Waals surface area contributed by atoms with Crippen LogP contribution in [0.4, 0.5) is 0 Å². The smallest absolute Gasteiger partial charge is 0.250 e. The van der Waals surface area contributed by atoms with Gasteiger partial charge in [-0.25, -0.2) is 10.3 Å². The van der Waals surface area contributed by atoms with E-state index in [0.29, 0.717) is 0 Å². The minimum absolute atomic E-state index is 0.103. The number of nitrogens with one attached hydrogen (secondary N) is 2. The third kappa shape index (κ3) is 7.17. The lowest BCUT2D eigenvalue weighted by atomic mass is 10.2. The van der Waals surface area contributed by atoms with E-state index in [9.17, 15) is 0 Å². The molecule has 0 saturated heterocycles. The fourth-order valence-electron chi connectivity index (χ4n) is 0.837. The van der Waals surface area contributed by atoms with Crippen LogP contribution in [0.25, 0.3) is 0 Å². The van der Waals surface area contributed by atoms with Gasteiger partial charge in [-0.2, -0.15) is 0 Å². The van der Waals surface area contributed by atoms with Gasteiger partial charge < -0.3 is 9.05 Å². The summed E-state index contributed by atoms with van der Waals surface area (Å²) >= 11 is 0. The molecule has 110 valence electrons.